The van der Waals surface area contributed by atoms with Crippen LogP contribution in [0.4, 0.5) is 0 Å². The Labute approximate surface area is 106 Å². The number of nitrogens with zero attached hydrogens (tertiary/aromatic N) is 2. The molecule has 1 amide bonds. The molecule has 0 fully saturated rings. The van der Waals surface area contributed by atoms with E-state index >= 15 is 0 Å². The largest absolute Gasteiger partial charge is 0.477 e. The third kappa shape index (κ3) is 3.55. The van der Waals surface area contributed by atoms with Crippen molar-refractivity contribution >= 4 is 11.9 Å². The molecule has 1 rings (SSSR count). The van der Waals surface area contributed by atoms with Gasteiger partial charge in [-0.25, -0.2) is 9.78 Å². The molecule has 1 unspecified atom stereocenters. The van der Waals surface area contributed by atoms with Crippen LogP contribution in [0.15, 0.2) is 18.3 Å². The molecular formula is C13H18N2O3. The normalized spacial score (nSPS) is 11.9. The first-order chi connectivity index (χ1) is 8.45. The lowest BCUT2D eigenvalue weighted by Crippen LogP contribution is -2.31. The van der Waals surface area contributed by atoms with Crippen LogP contribution in [0.25, 0.3) is 0 Å². The molecule has 0 aliphatic rings. The molecule has 1 heterocycles. The zero-order valence-corrected chi connectivity index (χ0v) is 10.9. The molecule has 0 aliphatic carbocycles. The predicted molar refractivity (Wildman–Crippen MR) is 67.6 cm³/mol. The average molecular weight is 250 g/mol. The van der Waals surface area contributed by atoms with Crippen molar-refractivity contribution in [1.82, 2.24) is 9.88 Å². The van der Waals surface area contributed by atoms with E-state index < -0.39 is 5.97 Å². The number of rotatable bonds is 5. The van der Waals surface area contributed by atoms with E-state index in [0.717, 1.165) is 6.42 Å². The molecule has 5 nitrogen and oxygen atoms in total. The van der Waals surface area contributed by atoms with Gasteiger partial charge >= 0.3 is 5.97 Å². The molecule has 5 heteroatoms. The number of carboxylic acids is 1. The van der Waals surface area contributed by atoms with Gasteiger partial charge in [0.1, 0.15) is 5.69 Å². The summed E-state index contributed by atoms with van der Waals surface area (Å²) in [6.07, 6.45) is 2.31. The van der Waals surface area contributed by atoms with Crippen molar-refractivity contribution in [3.8, 4) is 0 Å². The van der Waals surface area contributed by atoms with Crippen LogP contribution in [-0.2, 0) is 0 Å². The monoisotopic (exact) mass is 250 g/mol. The molecule has 1 N–H and O–H groups in total. The van der Waals surface area contributed by atoms with Gasteiger partial charge in [0.2, 0.25) is 0 Å². The van der Waals surface area contributed by atoms with Crippen LogP contribution in [0, 0.1) is 5.92 Å². The number of amides is 1. The third-order valence-electron chi connectivity index (χ3n) is 2.86. The lowest BCUT2D eigenvalue weighted by Gasteiger charge is -2.20. The summed E-state index contributed by atoms with van der Waals surface area (Å²) in [6, 6.07) is 2.83. The number of carboxylic acid groups (broad SMARTS) is 1. The van der Waals surface area contributed by atoms with Gasteiger partial charge in [0.25, 0.3) is 5.91 Å². The zero-order valence-electron chi connectivity index (χ0n) is 10.9. The van der Waals surface area contributed by atoms with Crippen molar-refractivity contribution in [3.05, 3.63) is 29.6 Å². The van der Waals surface area contributed by atoms with Crippen molar-refractivity contribution in [2.45, 2.75) is 20.3 Å². The smallest absolute Gasteiger partial charge is 0.354 e. The van der Waals surface area contributed by atoms with Gasteiger partial charge < -0.3 is 10.0 Å². The van der Waals surface area contributed by atoms with Crippen molar-refractivity contribution in [3.63, 3.8) is 0 Å². The lowest BCUT2D eigenvalue weighted by atomic mass is 10.1. The van der Waals surface area contributed by atoms with Crippen LogP contribution in [0.5, 0.6) is 0 Å². The number of aromatic carboxylic acids is 1. The molecule has 1 aromatic rings. The van der Waals surface area contributed by atoms with Gasteiger partial charge in [-0.15, -0.1) is 0 Å². The maximum absolute atomic E-state index is 12.0. The average Bonchev–Trinajstić information content (AvgIpc) is 2.37. The fraction of sp³-hybridized carbons (Fsp3) is 0.462. The fourth-order valence-corrected chi connectivity index (χ4v) is 1.55. The topological polar surface area (TPSA) is 70.5 Å². The summed E-state index contributed by atoms with van der Waals surface area (Å²) in [5.74, 6) is -0.799. The maximum atomic E-state index is 12.0. The van der Waals surface area contributed by atoms with Gasteiger partial charge in [0.05, 0.1) is 5.56 Å². The minimum atomic E-state index is -1.10. The first-order valence-electron chi connectivity index (χ1n) is 5.90. The van der Waals surface area contributed by atoms with E-state index in [0.29, 0.717) is 18.0 Å². The molecule has 1 aromatic heterocycles. The van der Waals surface area contributed by atoms with E-state index in [1.54, 1.807) is 11.9 Å². The molecule has 0 bridgehead atoms. The molecule has 0 aliphatic heterocycles. The second-order valence-electron chi connectivity index (χ2n) is 4.44. The van der Waals surface area contributed by atoms with Crippen molar-refractivity contribution in [2.24, 2.45) is 5.92 Å². The molecule has 0 aromatic carbocycles. The van der Waals surface area contributed by atoms with E-state index in [1.165, 1.54) is 18.3 Å². The highest BCUT2D eigenvalue weighted by atomic mass is 16.4. The summed E-state index contributed by atoms with van der Waals surface area (Å²) in [4.78, 5) is 28.0. The summed E-state index contributed by atoms with van der Waals surface area (Å²) in [5, 5.41) is 8.72. The van der Waals surface area contributed by atoms with Crippen molar-refractivity contribution in [2.75, 3.05) is 13.6 Å². The zero-order chi connectivity index (χ0) is 13.7. The molecule has 0 spiro atoms. The Kier molecular flexibility index (Phi) is 4.83. The van der Waals surface area contributed by atoms with E-state index in [4.69, 9.17) is 5.11 Å². The predicted octanol–water partition coefficient (Wildman–Crippen LogP) is 1.90. The Bertz CT molecular complexity index is 428. The number of carbonyl (C=O) groups excluding carboxylic acids is 1. The van der Waals surface area contributed by atoms with E-state index in [9.17, 15) is 9.59 Å². The minimum absolute atomic E-state index is 0.0591. The van der Waals surface area contributed by atoms with Crippen LogP contribution in [0.1, 0.15) is 41.1 Å². The Balaban J connectivity index is 2.74. The highest BCUT2D eigenvalue weighted by Gasteiger charge is 2.14. The second-order valence-corrected chi connectivity index (χ2v) is 4.44. The van der Waals surface area contributed by atoms with Gasteiger partial charge in [-0.3, -0.25) is 4.79 Å². The third-order valence-corrected chi connectivity index (χ3v) is 2.86. The first-order valence-corrected chi connectivity index (χ1v) is 5.90. The Morgan fingerprint density at radius 2 is 2.11 bits per heavy atom. The van der Waals surface area contributed by atoms with E-state index in [-0.39, 0.29) is 11.6 Å². The van der Waals surface area contributed by atoms with Crippen molar-refractivity contribution < 1.29 is 14.7 Å². The van der Waals surface area contributed by atoms with E-state index in [2.05, 4.69) is 18.8 Å². The standard InChI is InChI=1S/C13H18N2O3/c1-4-9(2)8-15(3)12(16)10-5-6-11(13(17)18)14-7-10/h5-7,9H,4,8H2,1-3H3,(H,17,18). The minimum Gasteiger partial charge on any atom is -0.477 e. The number of hydrogen-bond donors (Lipinski definition) is 1. The molecule has 98 valence electrons. The molecular weight excluding hydrogens is 232 g/mol. The number of carbonyl (C=O) groups is 2. The fourth-order valence-electron chi connectivity index (χ4n) is 1.55. The SMILES string of the molecule is CCC(C)CN(C)C(=O)c1ccc(C(=O)O)nc1. The van der Waals surface area contributed by atoms with Crippen LogP contribution in [0.3, 0.4) is 0 Å². The van der Waals surface area contributed by atoms with Gasteiger partial charge in [-0.05, 0) is 18.1 Å². The van der Waals surface area contributed by atoms with Gasteiger partial charge in [-0.2, -0.15) is 0 Å². The Morgan fingerprint density at radius 1 is 1.44 bits per heavy atom. The van der Waals surface area contributed by atoms with Crippen molar-refractivity contribution in [1.29, 1.82) is 0 Å². The lowest BCUT2D eigenvalue weighted by molar-refractivity contribution is 0.0688. The maximum Gasteiger partial charge on any atom is 0.354 e. The summed E-state index contributed by atoms with van der Waals surface area (Å²) < 4.78 is 0. The van der Waals surface area contributed by atoms with Crippen LogP contribution >= 0.6 is 0 Å². The molecule has 0 saturated carbocycles. The molecule has 18 heavy (non-hydrogen) atoms. The van der Waals surface area contributed by atoms with Crippen LogP contribution in [0.2, 0.25) is 0 Å². The highest BCUT2D eigenvalue weighted by molar-refractivity contribution is 5.94. The number of aromatic nitrogens is 1. The van der Waals surface area contributed by atoms with Crippen LogP contribution < -0.4 is 0 Å². The summed E-state index contributed by atoms with van der Waals surface area (Å²) in [6.45, 7) is 4.83. The van der Waals surface area contributed by atoms with Gasteiger partial charge in [-0.1, -0.05) is 20.3 Å². The molecule has 0 radical (unpaired) electrons. The second kappa shape index (κ2) is 6.14. The highest BCUT2D eigenvalue weighted by Crippen LogP contribution is 2.08. The van der Waals surface area contributed by atoms with E-state index in [1.807, 2.05) is 0 Å². The molecule has 0 saturated heterocycles. The Hall–Kier alpha value is -1.91. The van der Waals surface area contributed by atoms with Gasteiger partial charge in [0, 0.05) is 19.8 Å². The Morgan fingerprint density at radius 3 is 2.56 bits per heavy atom. The number of hydrogen-bond acceptors (Lipinski definition) is 3. The molecule has 1 atom stereocenters. The first kappa shape index (κ1) is 14.2. The number of pyridine rings is 1. The summed E-state index contributed by atoms with van der Waals surface area (Å²) >= 11 is 0. The summed E-state index contributed by atoms with van der Waals surface area (Å²) in [5.41, 5.74) is 0.349. The van der Waals surface area contributed by atoms with Crippen LogP contribution in [-0.4, -0.2) is 40.5 Å². The summed E-state index contributed by atoms with van der Waals surface area (Å²) in [7, 11) is 1.74. The quantitative estimate of drug-likeness (QED) is 0.866. The van der Waals surface area contributed by atoms with Gasteiger partial charge in [0.15, 0.2) is 0 Å².